The van der Waals surface area contributed by atoms with Crippen LogP contribution in [0.1, 0.15) is 19.3 Å². The van der Waals surface area contributed by atoms with Crippen LogP contribution in [0.5, 0.6) is 0 Å². The first-order chi connectivity index (χ1) is 9.52. The molecule has 110 valence electrons. The first-order valence-corrected chi connectivity index (χ1v) is 6.94. The lowest BCUT2D eigenvalue weighted by Gasteiger charge is -2.07. The molecular formula is C13H16Cl2N2O3. The van der Waals surface area contributed by atoms with Gasteiger partial charge >= 0.3 is 11.8 Å². The van der Waals surface area contributed by atoms with E-state index in [1.807, 2.05) is 0 Å². The van der Waals surface area contributed by atoms with Gasteiger partial charge in [-0.05, 0) is 37.5 Å². The van der Waals surface area contributed by atoms with E-state index in [4.69, 9.17) is 28.3 Å². The Labute approximate surface area is 127 Å². The van der Waals surface area contributed by atoms with Crippen molar-refractivity contribution in [1.29, 1.82) is 0 Å². The van der Waals surface area contributed by atoms with Crippen LogP contribution in [0, 0.1) is 0 Å². The van der Waals surface area contributed by atoms with E-state index in [-0.39, 0.29) is 6.61 Å². The summed E-state index contributed by atoms with van der Waals surface area (Å²) in [6.45, 7) is 0.520. The number of nitrogens with one attached hydrogen (secondary N) is 2. The second-order valence-corrected chi connectivity index (χ2v) is 5.03. The van der Waals surface area contributed by atoms with E-state index in [0.29, 0.717) is 35.1 Å². The van der Waals surface area contributed by atoms with Crippen LogP contribution in [0.2, 0.25) is 10.0 Å². The van der Waals surface area contributed by atoms with E-state index in [9.17, 15) is 9.59 Å². The number of amides is 2. The van der Waals surface area contributed by atoms with E-state index in [1.54, 1.807) is 0 Å². The number of halogens is 2. The fraction of sp³-hybridized carbons (Fsp3) is 0.385. The molecule has 0 unspecified atom stereocenters. The summed E-state index contributed by atoms with van der Waals surface area (Å²) in [4.78, 5) is 23.1. The Morgan fingerprint density at radius 1 is 1.00 bits per heavy atom. The number of hydrogen-bond donors (Lipinski definition) is 3. The third-order valence-electron chi connectivity index (χ3n) is 2.45. The topological polar surface area (TPSA) is 78.4 Å². The van der Waals surface area contributed by atoms with Crippen molar-refractivity contribution < 1.29 is 14.7 Å². The van der Waals surface area contributed by atoms with Crippen LogP contribution in [-0.4, -0.2) is 30.1 Å². The maximum absolute atomic E-state index is 11.6. The molecule has 0 radical (unpaired) electrons. The number of rotatable bonds is 6. The molecule has 0 heterocycles. The van der Waals surface area contributed by atoms with Gasteiger partial charge in [0, 0.05) is 28.9 Å². The molecule has 0 saturated carbocycles. The molecule has 0 fully saturated rings. The second kappa shape index (κ2) is 8.79. The number of unbranched alkanes of at least 4 members (excludes halogenated alkanes) is 2. The third kappa shape index (κ3) is 6.23. The van der Waals surface area contributed by atoms with Crippen LogP contribution in [0.15, 0.2) is 18.2 Å². The molecule has 1 aromatic rings. The molecule has 0 aliphatic carbocycles. The highest BCUT2D eigenvalue weighted by Gasteiger charge is 2.13. The van der Waals surface area contributed by atoms with Crippen molar-refractivity contribution in [2.24, 2.45) is 0 Å². The fourth-order valence-electron chi connectivity index (χ4n) is 1.51. The summed E-state index contributed by atoms with van der Waals surface area (Å²) in [7, 11) is 0. The molecule has 20 heavy (non-hydrogen) atoms. The smallest absolute Gasteiger partial charge is 0.313 e. The Morgan fingerprint density at radius 2 is 1.65 bits per heavy atom. The minimum atomic E-state index is -0.773. The van der Waals surface area contributed by atoms with Crippen molar-refractivity contribution in [3.05, 3.63) is 28.2 Å². The van der Waals surface area contributed by atoms with Gasteiger partial charge in [0.05, 0.1) is 0 Å². The first kappa shape index (κ1) is 16.8. The Hall–Kier alpha value is -1.30. The van der Waals surface area contributed by atoms with Gasteiger partial charge in [-0.2, -0.15) is 0 Å². The highest BCUT2D eigenvalue weighted by Crippen LogP contribution is 2.22. The van der Waals surface area contributed by atoms with Gasteiger partial charge in [0.1, 0.15) is 0 Å². The number of aliphatic hydroxyl groups excluding tert-OH is 1. The maximum atomic E-state index is 11.6. The van der Waals surface area contributed by atoms with Crippen LogP contribution in [-0.2, 0) is 9.59 Å². The molecule has 2 amide bonds. The molecule has 0 aliphatic heterocycles. The summed E-state index contributed by atoms with van der Waals surface area (Å²) < 4.78 is 0. The van der Waals surface area contributed by atoms with E-state index >= 15 is 0 Å². The molecule has 7 heteroatoms. The summed E-state index contributed by atoms with van der Waals surface area (Å²) in [5.74, 6) is -1.49. The fourth-order valence-corrected chi connectivity index (χ4v) is 2.04. The summed E-state index contributed by atoms with van der Waals surface area (Å²) in [5, 5.41) is 14.3. The van der Waals surface area contributed by atoms with Crippen molar-refractivity contribution in [1.82, 2.24) is 5.32 Å². The van der Waals surface area contributed by atoms with Gasteiger partial charge in [0.2, 0.25) is 0 Å². The van der Waals surface area contributed by atoms with Gasteiger partial charge < -0.3 is 15.7 Å². The molecule has 0 saturated heterocycles. The lowest BCUT2D eigenvalue weighted by Crippen LogP contribution is -2.35. The van der Waals surface area contributed by atoms with Gasteiger partial charge in [-0.25, -0.2) is 0 Å². The zero-order chi connectivity index (χ0) is 15.0. The van der Waals surface area contributed by atoms with Crippen molar-refractivity contribution in [2.45, 2.75) is 19.3 Å². The maximum Gasteiger partial charge on any atom is 0.313 e. The number of carbonyl (C=O) groups is 2. The molecule has 0 spiro atoms. The zero-order valence-corrected chi connectivity index (χ0v) is 12.3. The van der Waals surface area contributed by atoms with Crippen molar-refractivity contribution in [2.75, 3.05) is 18.5 Å². The Morgan fingerprint density at radius 3 is 2.25 bits per heavy atom. The van der Waals surface area contributed by atoms with E-state index in [2.05, 4.69) is 10.6 Å². The highest BCUT2D eigenvalue weighted by molar-refractivity contribution is 6.40. The molecule has 5 nitrogen and oxygen atoms in total. The molecule has 0 aromatic heterocycles. The molecule has 0 bridgehead atoms. The molecular weight excluding hydrogens is 303 g/mol. The number of carbonyl (C=O) groups excluding carboxylic acids is 2. The first-order valence-electron chi connectivity index (χ1n) is 6.19. The number of benzene rings is 1. The zero-order valence-electron chi connectivity index (χ0n) is 10.8. The molecule has 1 rings (SSSR count). The second-order valence-electron chi connectivity index (χ2n) is 4.15. The van der Waals surface area contributed by atoms with E-state index in [1.165, 1.54) is 18.2 Å². The Bertz CT molecular complexity index is 460. The Kier molecular flexibility index (Phi) is 7.36. The molecule has 1 aromatic carbocycles. The minimum Gasteiger partial charge on any atom is -0.396 e. The lowest BCUT2D eigenvalue weighted by atomic mass is 10.2. The van der Waals surface area contributed by atoms with Gasteiger partial charge in [-0.3, -0.25) is 9.59 Å². The molecule has 0 aliphatic rings. The van der Waals surface area contributed by atoms with Gasteiger partial charge in [-0.15, -0.1) is 0 Å². The summed E-state index contributed by atoms with van der Waals surface area (Å²) in [6, 6.07) is 4.53. The predicted octanol–water partition coefficient (Wildman–Crippen LogP) is 2.21. The van der Waals surface area contributed by atoms with E-state index in [0.717, 1.165) is 6.42 Å². The molecule has 3 N–H and O–H groups in total. The Balaban J connectivity index is 2.39. The van der Waals surface area contributed by atoms with Crippen LogP contribution >= 0.6 is 23.2 Å². The standard InChI is InChI=1S/C13H16Cl2N2O3/c14-9-6-10(15)8-11(7-9)17-13(20)12(19)16-4-2-1-3-5-18/h6-8,18H,1-5H2,(H,16,19)(H,17,20). The van der Waals surface area contributed by atoms with Crippen molar-refractivity contribution in [3.8, 4) is 0 Å². The monoisotopic (exact) mass is 318 g/mol. The van der Waals surface area contributed by atoms with Crippen molar-refractivity contribution >= 4 is 40.7 Å². The quantitative estimate of drug-likeness (QED) is 0.556. The number of anilines is 1. The number of hydrogen-bond acceptors (Lipinski definition) is 3. The van der Waals surface area contributed by atoms with Crippen molar-refractivity contribution in [3.63, 3.8) is 0 Å². The third-order valence-corrected chi connectivity index (χ3v) is 2.88. The predicted molar refractivity (Wildman–Crippen MR) is 79.0 cm³/mol. The average molecular weight is 319 g/mol. The lowest BCUT2D eigenvalue weighted by molar-refractivity contribution is -0.136. The van der Waals surface area contributed by atoms with Gasteiger partial charge in [0.15, 0.2) is 0 Å². The average Bonchev–Trinajstić information content (AvgIpc) is 2.36. The summed E-state index contributed by atoms with van der Waals surface area (Å²) in [6.07, 6.45) is 2.19. The highest BCUT2D eigenvalue weighted by atomic mass is 35.5. The van der Waals surface area contributed by atoms with Crippen LogP contribution in [0.4, 0.5) is 5.69 Å². The van der Waals surface area contributed by atoms with Crippen LogP contribution in [0.25, 0.3) is 0 Å². The molecule has 0 atom stereocenters. The minimum absolute atomic E-state index is 0.129. The van der Waals surface area contributed by atoms with Gasteiger partial charge in [-0.1, -0.05) is 23.2 Å². The largest absolute Gasteiger partial charge is 0.396 e. The van der Waals surface area contributed by atoms with Crippen LogP contribution in [0.3, 0.4) is 0 Å². The normalized spacial score (nSPS) is 10.2. The van der Waals surface area contributed by atoms with Crippen LogP contribution < -0.4 is 10.6 Å². The number of aliphatic hydroxyl groups is 1. The summed E-state index contributed by atoms with van der Waals surface area (Å²) in [5.41, 5.74) is 0.364. The van der Waals surface area contributed by atoms with Gasteiger partial charge in [0.25, 0.3) is 0 Å². The summed E-state index contributed by atoms with van der Waals surface area (Å²) >= 11 is 11.6. The van der Waals surface area contributed by atoms with E-state index < -0.39 is 11.8 Å². The SMILES string of the molecule is O=C(NCCCCCO)C(=O)Nc1cc(Cl)cc(Cl)c1.